The molecule has 0 aromatic heterocycles. The maximum absolute atomic E-state index is 9.10. The van der Waals surface area contributed by atoms with E-state index in [-0.39, 0.29) is 50.4 Å². The van der Waals surface area contributed by atoms with E-state index < -0.39 is 11.9 Å². The second-order valence-electron chi connectivity index (χ2n) is 0.610. The van der Waals surface area contributed by atoms with E-state index in [0.29, 0.717) is 0 Å². The van der Waals surface area contributed by atoms with Crippen molar-refractivity contribution in [1.29, 1.82) is 0 Å². The largest absolute Gasteiger partial charge is 0.473 e. The van der Waals surface area contributed by atoms with E-state index in [1.807, 2.05) is 0 Å². The Hall–Kier alpha value is 0.120. The van der Waals surface area contributed by atoms with Crippen LogP contribution in [0.3, 0.4) is 0 Å². The van der Waals surface area contributed by atoms with Crippen molar-refractivity contribution in [2.45, 2.75) is 0 Å². The summed E-state index contributed by atoms with van der Waals surface area (Å²) in [5, 5.41) is 14.8. The van der Waals surface area contributed by atoms with Gasteiger partial charge in [0.25, 0.3) is 0 Å². The molecule has 1 radical (unpaired) electrons. The number of carbonyl (C=O) groups is 2. The quantitative estimate of drug-likeness (QED) is 0.376. The maximum Gasteiger partial charge on any atom is 0.414 e. The average molecular weight is 290 g/mol. The normalized spacial score (nSPS) is 4.40. The van der Waals surface area contributed by atoms with E-state index in [1.54, 1.807) is 0 Å². The SMILES string of the molecule is O.O.O=C(O)C(=O)O.[Ag].[Fe]. The first kappa shape index (κ1) is 32.1. The van der Waals surface area contributed by atoms with Crippen molar-refractivity contribution in [3.63, 3.8) is 0 Å². The fourth-order valence-corrected chi connectivity index (χ4v) is 0. The van der Waals surface area contributed by atoms with Crippen LogP contribution in [-0.2, 0) is 49.0 Å². The van der Waals surface area contributed by atoms with E-state index in [4.69, 9.17) is 19.8 Å². The van der Waals surface area contributed by atoms with Gasteiger partial charge in [-0.25, -0.2) is 9.59 Å². The van der Waals surface area contributed by atoms with Crippen molar-refractivity contribution in [2.75, 3.05) is 0 Å². The zero-order valence-corrected chi connectivity index (χ0v) is 6.95. The Morgan fingerprint density at radius 1 is 0.900 bits per heavy atom. The summed E-state index contributed by atoms with van der Waals surface area (Å²) in [6, 6.07) is 0. The monoisotopic (exact) mass is 289 g/mol. The smallest absolute Gasteiger partial charge is 0.414 e. The van der Waals surface area contributed by atoms with E-state index in [0.717, 1.165) is 0 Å². The molecule has 0 fully saturated rings. The molecular formula is C2H6AgFeO6. The molecule has 0 amide bonds. The van der Waals surface area contributed by atoms with Crippen molar-refractivity contribution in [3.8, 4) is 0 Å². The van der Waals surface area contributed by atoms with Crippen molar-refractivity contribution in [1.82, 2.24) is 0 Å². The molecule has 0 aliphatic heterocycles. The summed E-state index contributed by atoms with van der Waals surface area (Å²) >= 11 is 0. The van der Waals surface area contributed by atoms with E-state index >= 15 is 0 Å². The van der Waals surface area contributed by atoms with Gasteiger partial charge in [-0.15, -0.1) is 0 Å². The fraction of sp³-hybridized carbons (Fsp3) is 0. The van der Waals surface area contributed by atoms with Gasteiger partial charge in [0.1, 0.15) is 0 Å². The third-order valence-corrected chi connectivity index (χ3v) is 0.183. The van der Waals surface area contributed by atoms with Crippen LogP contribution in [0.5, 0.6) is 0 Å². The van der Waals surface area contributed by atoms with Gasteiger partial charge < -0.3 is 21.2 Å². The second-order valence-corrected chi connectivity index (χ2v) is 0.610. The van der Waals surface area contributed by atoms with Crippen LogP contribution in [0, 0.1) is 0 Å². The molecule has 6 nitrogen and oxygen atoms in total. The first-order valence-electron chi connectivity index (χ1n) is 1.11. The first-order valence-corrected chi connectivity index (χ1v) is 1.11. The summed E-state index contributed by atoms with van der Waals surface area (Å²) < 4.78 is 0. The molecule has 0 spiro atoms. The topological polar surface area (TPSA) is 138 Å². The molecule has 0 aliphatic rings. The van der Waals surface area contributed by atoms with Crippen LogP contribution >= 0.6 is 0 Å². The standard InChI is InChI=1S/C2H2O4.Ag.Fe.2H2O/c3-1(4)2(5)6;;;;/h(H,3,4)(H,5,6);;;2*1H2. The predicted octanol–water partition coefficient (Wildman–Crippen LogP) is -2.50. The first-order chi connectivity index (χ1) is 2.64. The van der Waals surface area contributed by atoms with Gasteiger partial charge >= 0.3 is 11.9 Å². The van der Waals surface area contributed by atoms with Crippen molar-refractivity contribution >= 4 is 11.9 Å². The van der Waals surface area contributed by atoms with Crippen LogP contribution in [-0.4, -0.2) is 33.1 Å². The van der Waals surface area contributed by atoms with E-state index in [1.165, 1.54) is 0 Å². The Morgan fingerprint density at radius 2 is 1.00 bits per heavy atom. The van der Waals surface area contributed by atoms with Crippen LogP contribution in [0.1, 0.15) is 0 Å². The molecule has 69 valence electrons. The summed E-state index contributed by atoms with van der Waals surface area (Å²) in [6.45, 7) is 0. The van der Waals surface area contributed by atoms with Crippen molar-refractivity contribution in [3.05, 3.63) is 0 Å². The molecule has 0 aliphatic carbocycles. The summed E-state index contributed by atoms with van der Waals surface area (Å²) in [5.41, 5.74) is 0. The van der Waals surface area contributed by atoms with Crippen LogP contribution < -0.4 is 0 Å². The molecule has 0 unspecified atom stereocenters. The molecule has 10 heavy (non-hydrogen) atoms. The molecule has 0 aromatic carbocycles. The minimum atomic E-state index is -1.82. The van der Waals surface area contributed by atoms with Gasteiger partial charge in [-0.2, -0.15) is 0 Å². The molecule has 0 saturated heterocycles. The maximum atomic E-state index is 9.10. The van der Waals surface area contributed by atoms with Crippen molar-refractivity contribution in [2.24, 2.45) is 0 Å². The minimum absolute atomic E-state index is 0. The van der Waals surface area contributed by atoms with Crippen LogP contribution in [0.2, 0.25) is 0 Å². The second kappa shape index (κ2) is 16.1. The molecule has 6 N–H and O–H groups in total. The Morgan fingerprint density at radius 3 is 1.00 bits per heavy atom. The summed E-state index contributed by atoms with van der Waals surface area (Å²) in [5.74, 6) is -3.65. The Balaban J connectivity index is -0.0000000208. The molecule has 0 bridgehead atoms. The zero-order chi connectivity index (χ0) is 5.15. The van der Waals surface area contributed by atoms with Gasteiger partial charge in [0.15, 0.2) is 0 Å². The minimum Gasteiger partial charge on any atom is -0.473 e. The predicted molar refractivity (Wildman–Crippen MR) is 22.5 cm³/mol. The van der Waals surface area contributed by atoms with Gasteiger partial charge in [-0.1, -0.05) is 0 Å². The third kappa shape index (κ3) is 24.3. The average Bonchev–Trinajstić information content (AvgIpc) is 1.36. The van der Waals surface area contributed by atoms with Crippen LogP contribution in [0.25, 0.3) is 0 Å². The number of rotatable bonds is 0. The van der Waals surface area contributed by atoms with E-state index in [9.17, 15) is 0 Å². The number of carboxylic acid groups (broad SMARTS) is 2. The molecule has 0 aromatic rings. The Kier molecular flexibility index (Phi) is 51.6. The third-order valence-electron chi connectivity index (χ3n) is 0.183. The van der Waals surface area contributed by atoms with Gasteiger partial charge in [-0.05, 0) is 0 Å². The van der Waals surface area contributed by atoms with Crippen molar-refractivity contribution < 1.29 is 70.2 Å². The van der Waals surface area contributed by atoms with Gasteiger partial charge in [0.05, 0.1) is 0 Å². The Labute approximate surface area is 82.2 Å². The van der Waals surface area contributed by atoms with Crippen LogP contribution in [0.4, 0.5) is 0 Å². The van der Waals surface area contributed by atoms with Gasteiger partial charge in [0.2, 0.25) is 0 Å². The molecule has 8 heteroatoms. The summed E-state index contributed by atoms with van der Waals surface area (Å²) in [4.78, 5) is 18.2. The summed E-state index contributed by atoms with van der Waals surface area (Å²) in [7, 11) is 0. The Bertz CT molecular complexity index is 81.7. The van der Waals surface area contributed by atoms with Crippen LogP contribution in [0.15, 0.2) is 0 Å². The molecule has 0 atom stereocenters. The van der Waals surface area contributed by atoms with Gasteiger partial charge in [-0.3, -0.25) is 0 Å². The summed E-state index contributed by atoms with van der Waals surface area (Å²) in [6.07, 6.45) is 0. The zero-order valence-electron chi connectivity index (χ0n) is 4.37. The number of carboxylic acids is 2. The van der Waals surface area contributed by atoms with Gasteiger partial charge in [0, 0.05) is 39.4 Å². The molecule has 0 saturated carbocycles. The molecule has 0 heterocycles. The fourth-order valence-electron chi connectivity index (χ4n) is 0. The molecule has 0 rings (SSSR count). The number of hydrogen-bond donors (Lipinski definition) is 2. The molecular weight excluding hydrogens is 284 g/mol. The number of aliphatic carboxylic acids is 2. The number of hydrogen-bond acceptors (Lipinski definition) is 2. The van der Waals surface area contributed by atoms with E-state index in [2.05, 4.69) is 0 Å².